The van der Waals surface area contributed by atoms with Gasteiger partial charge in [-0.2, -0.15) is 0 Å². The van der Waals surface area contributed by atoms with Crippen molar-refractivity contribution in [2.24, 2.45) is 5.73 Å². The number of carbonyl (C=O) groups is 3. The number of carbonyl (C=O) groups excluding carboxylic acids is 3. The topological polar surface area (TPSA) is 125 Å². The monoisotopic (exact) mass is 426 g/mol. The second kappa shape index (κ2) is 7.06. The summed E-state index contributed by atoms with van der Waals surface area (Å²) in [6.45, 7) is 3.18. The van der Waals surface area contributed by atoms with Crippen LogP contribution in [-0.4, -0.2) is 40.8 Å². The quantitative estimate of drug-likeness (QED) is 0.633. The van der Waals surface area contributed by atoms with Crippen molar-refractivity contribution in [2.75, 3.05) is 18.6 Å². The van der Waals surface area contributed by atoms with Crippen LogP contribution in [0.2, 0.25) is 0 Å². The molecule has 1 aliphatic heterocycles. The first-order chi connectivity index (χ1) is 14.2. The van der Waals surface area contributed by atoms with E-state index >= 15 is 0 Å². The van der Waals surface area contributed by atoms with Crippen molar-refractivity contribution in [3.63, 3.8) is 0 Å². The summed E-state index contributed by atoms with van der Waals surface area (Å²) in [4.78, 5) is 55.9. The zero-order valence-corrected chi connectivity index (χ0v) is 17.3. The largest absolute Gasteiger partial charge is 0.482 e. The molecule has 154 valence electrons. The average Bonchev–Trinajstić information content (AvgIpc) is 3.07. The maximum Gasteiger partial charge on any atom is 0.264 e. The summed E-state index contributed by atoms with van der Waals surface area (Å²) in [6.07, 6.45) is 1.30. The lowest BCUT2D eigenvalue weighted by Crippen LogP contribution is -2.35. The first-order valence-corrected chi connectivity index (χ1v) is 9.90. The van der Waals surface area contributed by atoms with E-state index in [4.69, 9.17) is 10.5 Å². The fourth-order valence-corrected chi connectivity index (χ4v) is 4.43. The van der Waals surface area contributed by atoms with Crippen molar-refractivity contribution < 1.29 is 19.1 Å². The molecule has 1 aliphatic rings. The molecule has 2 aromatic heterocycles. The zero-order valence-electron chi connectivity index (χ0n) is 16.5. The van der Waals surface area contributed by atoms with Crippen LogP contribution in [0.15, 0.2) is 29.3 Å². The van der Waals surface area contributed by atoms with Crippen molar-refractivity contribution in [1.29, 1.82) is 0 Å². The van der Waals surface area contributed by atoms with Crippen LogP contribution in [0, 0.1) is 6.92 Å². The number of benzene rings is 1. The Hall–Kier alpha value is -3.53. The second-order valence-corrected chi connectivity index (χ2v) is 8.02. The molecule has 3 aromatic rings. The van der Waals surface area contributed by atoms with Crippen molar-refractivity contribution in [3.8, 4) is 5.75 Å². The maximum absolute atomic E-state index is 13.1. The molecule has 0 fully saturated rings. The normalized spacial score (nSPS) is 14.4. The molecule has 3 heterocycles. The molecule has 1 unspecified atom stereocenters. The molecule has 0 aliphatic carbocycles. The number of Topliss-reactive ketones (excluding diaryl/α,β-unsaturated/α-hetero) is 1. The fraction of sp³-hybridized carbons (Fsp3) is 0.250. The molecule has 0 saturated carbocycles. The number of nitrogens with zero attached hydrogens (tertiary/aromatic N) is 3. The minimum Gasteiger partial charge on any atom is -0.482 e. The highest BCUT2D eigenvalue weighted by Gasteiger charge is 2.26. The number of nitrogens with two attached hydrogens (primary N) is 1. The molecule has 0 spiro atoms. The molecule has 1 aromatic carbocycles. The van der Waals surface area contributed by atoms with Gasteiger partial charge in [-0.25, -0.2) is 4.98 Å². The Morgan fingerprint density at radius 1 is 1.30 bits per heavy atom. The predicted molar refractivity (Wildman–Crippen MR) is 112 cm³/mol. The van der Waals surface area contributed by atoms with E-state index in [1.165, 1.54) is 15.8 Å². The molecule has 2 amide bonds. The van der Waals surface area contributed by atoms with Crippen LogP contribution in [0.1, 0.15) is 38.6 Å². The zero-order chi connectivity index (χ0) is 21.7. The number of thiophene rings is 1. The molecule has 9 nitrogen and oxygen atoms in total. The molecule has 0 bridgehead atoms. The summed E-state index contributed by atoms with van der Waals surface area (Å²) in [6, 6.07) is 3.95. The predicted octanol–water partition coefficient (Wildman–Crippen LogP) is 1.66. The number of aryl methyl sites for hydroxylation is 1. The third kappa shape index (κ3) is 2.96. The van der Waals surface area contributed by atoms with Gasteiger partial charge in [-0.05, 0) is 37.6 Å². The van der Waals surface area contributed by atoms with Gasteiger partial charge in [0.25, 0.3) is 17.4 Å². The summed E-state index contributed by atoms with van der Waals surface area (Å²) >= 11 is 1.05. The molecule has 2 N–H and O–H groups in total. The average molecular weight is 426 g/mol. The van der Waals surface area contributed by atoms with Crippen molar-refractivity contribution in [1.82, 2.24) is 9.55 Å². The second-order valence-electron chi connectivity index (χ2n) is 7.02. The first kappa shape index (κ1) is 19.8. The first-order valence-electron chi connectivity index (χ1n) is 9.08. The SMILES string of the molecule is Cc1c(C(N)=O)sc2ncn(C(C)C(=O)c3ccc4c(c3)N(C)C(=O)CO4)c(=O)c12. The summed E-state index contributed by atoms with van der Waals surface area (Å²) < 4.78 is 6.62. The third-order valence-electron chi connectivity index (χ3n) is 5.23. The Morgan fingerprint density at radius 2 is 2.03 bits per heavy atom. The van der Waals surface area contributed by atoms with Gasteiger partial charge in [0.1, 0.15) is 10.6 Å². The number of amides is 2. The number of ether oxygens (including phenoxy) is 1. The van der Waals surface area contributed by atoms with E-state index in [0.29, 0.717) is 27.4 Å². The number of hydrogen-bond donors (Lipinski definition) is 1. The van der Waals surface area contributed by atoms with Gasteiger partial charge in [0.2, 0.25) is 0 Å². The van der Waals surface area contributed by atoms with Crippen molar-refractivity contribution in [2.45, 2.75) is 19.9 Å². The molecule has 0 saturated heterocycles. The number of rotatable bonds is 4. The highest BCUT2D eigenvalue weighted by atomic mass is 32.1. The Bertz CT molecular complexity index is 1290. The maximum atomic E-state index is 13.1. The molecule has 4 rings (SSSR count). The van der Waals surface area contributed by atoms with Gasteiger partial charge in [0.15, 0.2) is 12.4 Å². The van der Waals surface area contributed by atoms with E-state index < -0.39 is 17.5 Å². The molecular formula is C20H18N4O5S. The van der Waals surface area contributed by atoms with E-state index in [1.807, 2.05) is 0 Å². The van der Waals surface area contributed by atoms with Crippen molar-refractivity contribution in [3.05, 3.63) is 50.9 Å². The van der Waals surface area contributed by atoms with Crippen LogP contribution in [0.4, 0.5) is 5.69 Å². The van der Waals surface area contributed by atoms with E-state index in [1.54, 1.807) is 39.1 Å². The highest BCUT2D eigenvalue weighted by Crippen LogP contribution is 2.33. The van der Waals surface area contributed by atoms with Gasteiger partial charge in [-0.3, -0.25) is 23.7 Å². The Balaban J connectivity index is 1.75. The van der Waals surface area contributed by atoms with Crippen molar-refractivity contribution >= 4 is 44.8 Å². The van der Waals surface area contributed by atoms with Gasteiger partial charge in [-0.1, -0.05) is 0 Å². The molecule has 10 heteroatoms. The Labute approximate surface area is 174 Å². The summed E-state index contributed by atoms with van der Waals surface area (Å²) in [5, 5.41) is 0.278. The van der Waals surface area contributed by atoms with Crippen LogP contribution in [-0.2, 0) is 4.79 Å². The number of likely N-dealkylation sites (N-methyl/N-ethyl adjacent to an activating group) is 1. The lowest BCUT2D eigenvalue weighted by Gasteiger charge is -2.26. The van der Waals surface area contributed by atoms with Crippen LogP contribution < -0.4 is 20.9 Å². The summed E-state index contributed by atoms with van der Waals surface area (Å²) in [7, 11) is 1.61. The highest BCUT2D eigenvalue weighted by molar-refractivity contribution is 7.20. The fourth-order valence-electron chi connectivity index (χ4n) is 3.44. The minimum absolute atomic E-state index is 0.0540. The number of hydrogen-bond acceptors (Lipinski definition) is 7. The third-order valence-corrected chi connectivity index (χ3v) is 6.44. The molecule has 30 heavy (non-hydrogen) atoms. The van der Waals surface area contributed by atoms with E-state index in [0.717, 1.165) is 11.3 Å². The van der Waals surface area contributed by atoms with Gasteiger partial charge in [0.05, 0.1) is 28.3 Å². The van der Waals surface area contributed by atoms with E-state index in [-0.39, 0.29) is 28.6 Å². The van der Waals surface area contributed by atoms with Crippen LogP contribution >= 0.6 is 11.3 Å². The minimum atomic E-state index is -0.853. The smallest absolute Gasteiger partial charge is 0.264 e. The summed E-state index contributed by atoms with van der Waals surface area (Å²) in [5.74, 6) is -0.658. The molecule has 0 radical (unpaired) electrons. The van der Waals surface area contributed by atoms with Crippen LogP contribution in [0.5, 0.6) is 5.75 Å². The number of ketones is 1. The Morgan fingerprint density at radius 3 is 2.73 bits per heavy atom. The van der Waals surface area contributed by atoms with Gasteiger partial charge in [0, 0.05) is 12.6 Å². The van der Waals surface area contributed by atoms with Crippen LogP contribution in [0.3, 0.4) is 0 Å². The van der Waals surface area contributed by atoms with Gasteiger partial charge >= 0.3 is 0 Å². The van der Waals surface area contributed by atoms with Crippen LogP contribution in [0.25, 0.3) is 10.2 Å². The lowest BCUT2D eigenvalue weighted by atomic mass is 10.0. The number of fused-ring (bicyclic) bond motifs is 2. The number of aromatic nitrogens is 2. The van der Waals surface area contributed by atoms with Gasteiger partial charge < -0.3 is 15.4 Å². The number of primary amides is 1. The number of anilines is 1. The summed E-state index contributed by atoms with van der Waals surface area (Å²) in [5.41, 5.74) is 6.23. The van der Waals surface area contributed by atoms with Gasteiger partial charge in [-0.15, -0.1) is 11.3 Å². The molecular weight excluding hydrogens is 408 g/mol. The standard InChI is InChI=1S/C20H18N4O5S/c1-9-15-19(30-17(9)18(21)27)22-8-24(20(15)28)10(2)16(26)11-4-5-13-12(6-11)23(3)14(25)7-29-13/h4-6,8,10H,7H2,1-3H3,(H2,21,27). The van der Waals surface area contributed by atoms with E-state index in [2.05, 4.69) is 4.98 Å². The van der Waals surface area contributed by atoms with E-state index in [9.17, 15) is 19.2 Å². The Kier molecular flexibility index (Phi) is 4.65. The molecule has 1 atom stereocenters. The lowest BCUT2D eigenvalue weighted by molar-refractivity contribution is -0.120.